The second kappa shape index (κ2) is 10.3. The monoisotopic (exact) mass is 297 g/mol. The van der Waals surface area contributed by atoms with Gasteiger partial charge in [0.1, 0.15) is 0 Å². The van der Waals surface area contributed by atoms with E-state index in [1.165, 1.54) is 0 Å². The minimum Gasteiger partial charge on any atom is -1.00 e. The average Bonchev–Trinajstić information content (AvgIpc) is 1.47. The molecule has 1 unspecified atom stereocenters. The molecule has 9 N–H and O–H groups in total. The Morgan fingerprint density at radius 1 is 1.27 bits per heavy atom. The fourth-order valence-electron chi connectivity index (χ4n) is 0.100. The second-order valence-corrected chi connectivity index (χ2v) is 4.75. The molecule has 0 aliphatic rings. The van der Waals surface area contributed by atoms with Gasteiger partial charge in [0.15, 0.2) is 0 Å². The molecule has 0 aromatic rings. The summed E-state index contributed by atoms with van der Waals surface area (Å²) in [6.45, 7) is 0. The van der Waals surface area contributed by atoms with E-state index in [0.717, 1.165) is 0 Å². The average molecular weight is 297 g/mol. The van der Waals surface area contributed by atoms with Crippen molar-refractivity contribution in [2.24, 2.45) is 0 Å². The van der Waals surface area contributed by atoms with Crippen molar-refractivity contribution < 1.29 is 78.3 Å². The van der Waals surface area contributed by atoms with E-state index in [4.69, 9.17) is 33.6 Å². The Hall–Kier alpha value is 1.19. The zero-order valence-electron chi connectivity index (χ0n) is 8.42. The van der Waals surface area contributed by atoms with E-state index in [9.17, 15) is 9.46 Å². The molecule has 0 aromatic carbocycles. The SMILES string of the molecule is N.O=P(O)(O)O.O=[P+]([O-])O[Si](O)(O)O.[H-].[Na+]. The minimum atomic E-state index is -4.82. The molecule has 0 aromatic heterocycles. The molecule has 0 amide bonds. The molecule has 11 nitrogen and oxygen atoms in total. The van der Waals surface area contributed by atoms with Crippen molar-refractivity contribution in [1.29, 1.82) is 0 Å². The molecular formula is H10NNaO10P2Si. The molecule has 0 heterocycles. The first kappa shape index (κ1) is 25.1. The van der Waals surface area contributed by atoms with Crippen LogP contribution in [0.2, 0.25) is 0 Å². The Morgan fingerprint density at radius 3 is 1.47 bits per heavy atom. The smallest absolute Gasteiger partial charge is 1.00 e. The van der Waals surface area contributed by atoms with E-state index < -0.39 is 25.1 Å². The zero-order valence-corrected chi connectivity index (χ0v) is 12.2. The van der Waals surface area contributed by atoms with Gasteiger partial charge in [-0.05, 0) is 4.57 Å². The molecular weight excluding hydrogens is 287 g/mol. The van der Waals surface area contributed by atoms with Crippen molar-refractivity contribution in [2.45, 2.75) is 0 Å². The van der Waals surface area contributed by atoms with Gasteiger partial charge >= 0.3 is 54.7 Å². The summed E-state index contributed by atoms with van der Waals surface area (Å²) in [6.07, 6.45) is 0. The molecule has 0 rings (SSSR count). The van der Waals surface area contributed by atoms with Gasteiger partial charge in [0.05, 0.1) is 0 Å². The van der Waals surface area contributed by atoms with Crippen molar-refractivity contribution in [1.82, 2.24) is 6.15 Å². The molecule has 15 heteroatoms. The van der Waals surface area contributed by atoms with Crippen LogP contribution in [0.1, 0.15) is 1.43 Å². The van der Waals surface area contributed by atoms with E-state index in [-0.39, 0.29) is 37.1 Å². The second-order valence-electron chi connectivity index (χ2n) is 1.40. The van der Waals surface area contributed by atoms with Crippen LogP contribution in [-0.4, -0.2) is 38.1 Å². The number of hydrogen-bond donors (Lipinski definition) is 7. The van der Waals surface area contributed by atoms with Gasteiger partial charge in [-0.3, -0.25) is 0 Å². The van der Waals surface area contributed by atoms with Crippen LogP contribution in [0.15, 0.2) is 0 Å². The van der Waals surface area contributed by atoms with Crippen molar-refractivity contribution in [2.75, 3.05) is 0 Å². The zero-order chi connectivity index (χ0) is 11.3. The molecule has 0 saturated heterocycles. The summed E-state index contributed by atoms with van der Waals surface area (Å²) < 4.78 is 21.5. The molecule has 0 fully saturated rings. The van der Waals surface area contributed by atoms with Crippen LogP contribution in [0.5, 0.6) is 0 Å². The predicted molar refractivity (Wildman–Crippen MR) is 41.5 cm³/mol. The van der Waals surface area contributed by atoms with E-state index in [0.29, 0.717) is 0 Å². The quantitative estimate of drug-likeness (QED) is 0.187. The van der Waals surface area contributed by atoms with Crippen LogP contribution in [0.25, 0.3) is 0 Å². The third-order valence-corrected chi connectivity index (χ3v) is 1.77. The number of phosphoric acid groups is 1. The van der Waals surface area contributed by atoms with Gasteiger partial charge in [-0.15, -0.1) is 4.21 Å². The van der Waals surface area contributed by atoms with Crippen LogP contribution in [0.4, 0.5) is 0 Å². The fraction of sp³-hybridized carbons (Fsp3) is 0. The van der Waals surface area contributed by atoms with E-state index in [1.54, 1.807) is 0 Å². The third kappa shape index (κ3) is 69.0. The molecule has 15 heavy (non-hydrogen) atoms. The van der Waals surface area contributed by atoms with Crippen LogP contribution >= 0.6 is 16.1 Å². The molecule has 0 radical (unpaired) electrons. The fourth-order valence-corrected chi connectivity index (χ4v) is 0.900. The first-order valence-corrected chi connectivity index (χ1v) is 6.62. The minimum absolute atomic E-state index is 0. The van der Waals surface area contributed by atoms with Gasteiger partial charge in [0, 0.05) is 0 Å². The van der Waals surface area contributed by atoms with Crippen molar-refractivity contribution in [3.05, 3.63) is 0 Å². The molecule has 0 spiro atoms. The molecule has 0 aliphatic carbocycles. The van der Waals surface area contributed by atoms with E-state index >= 15 is 0 Å². The summed E-state index contributed by atoms with van der Waals surface area (Å²) in [5, 5.41) is 0. The summed E-state index contributed by atoms with van der Waals surface area (Å²) in [6, 6.07) is 0. The van der Waals surface area contributed by atoms with Gasteiger partial charge < -0.3 is 41.5 Å². The van der Waals surface area contributed by atoms with E-state index in [1.807, 2.05) is 0 Å². The van der Waals surface area contributed by atoms with Crippen molar-refractivity contribution >= 4 is 25.1 Å². The molecule has 90 valence electrons. The maximum absolute atomic E-state index is 9.38. The summed E-state index contributed by atoms with van der Waals surface area (Å²) in [4.78, 5) is 54.4. The molecule has 0 saturated carbocycles. The Bertz CT molecular complexity index is 203. The van der Waals surface area contributed by atoms with Gasteiger partial charge in [-0.25, -0.2) is 4.57 Å². The first-order valence-electron chi connectivity index (χ1n) is 2.21. The van der Waals surface area contributed by atoms with Crippen molar-refractivity contribution in [3.63, 3.8) is 0 Å². The summed E-state index contributed by atoms with van der Waals surface area (Å²) in [5.41, 5.74) is 0. The van der Waals surface area contributed by atoms with E-state index in [2.05, 4.69) is 4.21 Å². The number of rotatable bonds is 2. The van der Waals surface area contributed by atoms with Gasteiger partial charge in [-0.2, -0.15) is 0 Å². The third-order valence-electron chi connectivity index (χ3n) is 0.197. The summed E-state index contributed by atoms with van der Waals surface area (Å²) in [5.74, 6) is 0. The van der Waals surface area contributed by atoms with Crippen LogP contribution < -0.4 is 40.6 Å². The Balaban J connectivity index is -0.0000000454. The molecule has 0 aliphatic heterocycles. The Kier molecular flexibility index (Phi) is 17.3. The first-order chi connectivity index (χ1) is 5.42. The maximum Gasteiger partial charge on any atom is 1.00 e. The number of hydrogen-bond acceptors (Lipinski definition) is 8. The topological polar surface area (TPSA) is 223 Å². The van der Waals surface area contributed by atoms with Crippen LogP contribution in [0.3, 0.4) is 0 Å². The standard InChI is InChI=1S/H3N.Na.H3O6PSi.H3O4P.H/c;;1-7(2)6-8(3,4)5;1-5(2,3)4;/h1H3;;3-5H;(H3,1,2,3,4);/q;+1;;;-1. The van der Waals surface area contributed by atoms with Crippen molar-refractivity contribution in [3.8, 4) is 0 Å². The van der Waals surface area contributed by atoms with Gasteiger partial charge in [0.25, 0.3) is 0 Å². The molecule has 0 bridgehead atoms. The predicted octanol–water partition coefficient (Wildman–Crippen LogP) is -6.22. The maximum atomic E-state index is 9.38. The summed E-state index contributed by atoms with van der Waals surface area (Å²) in [7, 11) is -12.8. The van der Waals surface area contributed by atoms with Gasteiger partial charge in [-0.1, -0.05) is 0 Å². The van der Waals surface area contributed by atoms with Gasteiger partial charge in [0.2, 0.25) is 0 Å². The Labute approximate surface area is 109 Å². The largest absolute Gasteiger partial charge is 1.00 e. The normalized spacial score (nSPS) is 11.3. The summed E-state index contributed by atoms with van der Waals surface area (Å²) >= 11 is 0. The Morgan fingerprint density at radius 2 is 1.47 bits per heavy atom. The van der Waals surface area contributed by atoms with Crippen LogP contribution in [0, 0.1) is 0 Å². The van der Waals surface area contributed by atoms with Crippen LogP contribution in [-0.2, 0) is 13.3 Å². The molecule has 1 atom stereocenters.